The first kappa shape index (κ1) is 10.2. The zero-order valence-corrected chi connectivity index (χ0v) is 7.84. The van der Waals surface area contributed by atoms with Gasteiger partial charge in [-0.25, -0.2) is 9.00 Å². The molecular weight excluding hydrogens is 216 g/mol. The standard InChI is InChI=1S/C7H5ClO4S/c8-12-7(9)5-2-1-3-6(4-5)13(10)11/h1-4H,(H,10,11). The molecule has 0 amide bonds. The molecule has 0 aromatic heterocycles. The van der Waals surface area contributed by atoms with Crippen LogP contribution in [0, 0.1) is 0 Å². The molecule has 0 fully saturated rings. The van der Waals surface area contributed by atoms with Crippen molar-refractivity contribution in [2.75, 3.05) is 0 Å². The average Bonchev–Trinajstić information content (AvgIpc) is 2.17. The van der Waals surface area contributed by atoms with E-state index in [4.69, 9.17) is 16.4 Å². The molecule has 4 nitrogen and oxygen atoms in total. The Balaban J connectivity index is 3.05. The Bertz CT molecular complexity index is 352. The highest BCUT2D eigenvalue weighted by Crippen LogP contribution is 2.09. The van der Waals surface area contributed by atoms with Gasteiger partial charge in [0.2, 0.25) is 0 Å². The monoisotopic (exact) mass is 220 g/mol. The SMILES string of the molecule is O=C(OCl)c1cccc(S(=O)O)c1. The normalized spacial score (nSPS) is 12.2. The lowest BCUT2D eigenvalue weighted by Crippen LogP contribution is -1.99. The van der Waals surface area contributed by atoms with Crippen LogP contribution in [-0.2, 0) is 15.4 Å². The fourth-order valence-corrected chi connectivity index (χ4v) is 1.29. The van der Waals surface area contributed by atoms with E-state index in [0.29, 0.717) is 0 Å². The minimum atomic E-state index is -2.11. The first-order chi connectivity index (χ1) is 6.15. The van der Waals surface area contributed by atoms with Crippen molar-refractivity contribution in [2.45, 2.75) is 4.90 Å². The topological polar surface area (TPSA) is 63.6 Å². The molecule has 70 valence electrons. The molecule has 1 rings (SSSR count). The van der Waals surface area contributed by atoms with Crippen LogP contribution in [0.4, 0.5) is 0 Å². The van der Waals surface area contributed by atoms with Crippen molar-refractivity contribution < 1.29 is 17.8 Å². The number of halogens is 1. The molecule has 1 aromatic carbocycles. The van der Waals surface area contributed by atoms with E-state index in [-0.39, 0.29) is 10.5 Å². The molecule has 0 saturated heterocycles. The van der Waals surface area contributed by atoms with Gasteiger partial charge in [0.25, 0.3) is 0 Å². The van der Waals surface area contributed by atoms with E-state index < -0.39 is 17.0 Å². The molecule has 0 bridgehead atoms. The van der Waals surface area contributed by atoms with E-state index in [0.717, 1.165) is 0 Å². The van der Waals surface area contributed by atoms with Crippen LogP contribution in [0.1, 0.15) is 10.4 Å². The molecular formula is C7H5ClO4S. The van der Waals surface area contributed by atoms with Gasteiger partial charge in [-0.15, -0.1) is 0 Å². The van der Waals surface area contributed by atoms with Crippen LogP contribution in [0.25, 0.3) is 0 Å². The molecule has 1 unspecified atom stereocenters. The predicted molar refractivity (Wildman–Crippen MR) is 46.7 cm³/mol. The molecule has 0 saturated carbocycles. The summed E-state index contributed by atoms with van der Waals surface area (Å²) >= 11 is 2.72. The molecule has 0 spiro atoms. The van der Waals surface area contributed by atoms with Gasteiger partial charge in [0, 0.05) is 0 Å². The van der Waals surface area contributed by atoms with E-state index in [9.17, 15) is 9.00 Å². The lowest BCUT2D eigenvalue weighted by molar-refractivity contribution is 0.0751. The number of benzene rings is 1. The van der Waals surface area contributed by atoms with Crippen LogP contribution in [0.15, 0.2) is 29.2 Å². The summed E-state index contributed by atoms with van der Waals surface area (Å²) in [5.74, 6) is -0.756. The Hall–Kier alpha value is -0.910. The summed E-state index contributed by atoms with van der Waals surface area (Å²) in [4.78, 5) is 11.0. The summed E-state index contributed by atoms with van der Waals surface area (Å²) in [5, 5.41) is 0. The fraction of sp³-hybridized carbons (Fsp3) is 0. The van der Waals surface area contributed by atoms with Gasteiger partial charge in [-0.05, 0) is 18.2 Å². The molecule has 0 aliphatic rings. The van der Waals surface area contributed by atoms with Crippen molar-refractivity contribution in [3.63, 3.8) is 0 Å². The minimum absolute atomic E-state index is 0.125. The molecule has 0 heterocycles. The Labute approximate surface area is 81.9 Å². The molecule has 6 heteroatoms. The second kappa shape index (κ2) is 4.36. The average molecular weight is 221 g/mol. The molecule has 13 heavy (non-hydrogen) atoms. The van der Waals surface area contributed by atoms with Crippen LogP contribution in [0.2, 0.25) is 0 Å². The summed E-state index contributed by atoms with van der Waals surface area (Å²) in [7, 11) is 0. The third-order valence-corrected chi connectivity index (χ3v) is 2.14. The highest BCUT2D eigenvalue weighted by atomic mass is 35.5. The molecule has 1 N–H and O–H groups in total. The van der Waals surface area contributed by atoms with Crippen molar-refractivity contribution in [1.82, 2.24) is 0 Å². The van der Waals surface area contributed by atoms with Crippen LogP contribution in [-0.4, -0.2) is 14.7 Å². The molecule has 1 atom stereocenters. The second-order valence-corrected chi connectivity index (χ2v) is 3.27. The first-order valence-electron chi connectivity index (χ1n) is 3.19. The van der Waals surface area contributed by atoms with E-state index in [1.165, 1.54) is 24.3 Å². The lowest BCUT2D eigenvalue weighted by atomic mass is 10.2. The van der Waals surface area contributed by atoms with Crippen LogP contribution in [0.5, 0.6) is 0 Å². The Morgan fingerprint density at radius 2 is 2.23 bits per heavy atom. The predicted octanol–water partition coefficient (Wildman–Crippen LogP) is 1.58. The van der Waals surface area contributed by atoms with E-state index in [1.54, 1.807) is 0 Å². The zero-order valence-electron chi connectivity index (χ0n) is 6.27. The van der Waals surface area contributed by atoms with Crippen molar-refractivity contribution in [1.29, 1.82) is 0 Å². The molecule has 0 aliphatic carbocycles. The maximum atomic E-state index is 10.9. The summed E-state index contributed by atoms with van der Waals surface area (Å²) in [6.07, 6.45) is 0. The quantitative estimate of drug-likeness (QED) is 0.769. The maximum Gasteiger partial charge on any atom is 0.356 e. The summed E-state index contributed by atoms with van der Waals surface area (Å²) < 4.78 is 23.2. The lowest BCUT2D eigenvalue weighted by Gasteiger charge is -1.97. The smallest absolute Gasteiger partial charge is 0.343 e. The number of hydrogen-bond donors (Lipinski definition) is 1. The number of carbonyl (C=O) groups excluding carboxylic acids is 1. The van der Waals surface area contributed by atoms with Crippen molar-refractivity contribution in [2.24, 2.45) is 0 Å². The summed E-state index contributed by atoms with van der Waals surface area (Å²) in [6, 6.07) is 5.55. The maximum absolute atomic E-state index is 10.9. The third kappa shape index (κ3) is 2.51. The molecule has 0 aliphatic heterocycles. The largest absolute Gasteiger partial charge is 0.356 e. The number of carbonyl (C=O) groups is 1. The van der Waals surface area contributed by atoms with E-state index in [1.807, 2.05) is 0 Å². The first-order valence-corrected chi connectivity index (χ1v) is 4.60. The van der Waals surface area contributed by atoms with Gasteiger partial charge in [-0.3, -0.25) is 0 Å². The Morgan fingerprint density at radius 3 is 2.77 bits per heavy atom. The van der Waals surface area contributed by atoms with Crippen LogP contribution in [0.3, 0.4) is 0 Å². The van der Waals surface area contributed by atoms with Crippen molar-refractivity contribution >= 4 is 28.9 Å². The number of hydrogen-bond acceptors (Lipinski definition) is 3. The third-order valence-electron chi connectivity index (χ3n) is 1.34. The van der Waals surface area contributed by atoms with Crippen LogP contribution < -0.4 is 0 Å². The Morgan fingerprint density at radius 1 is 1.54 bits per heavy atom. The molecule has 0 radical (unpaired) electrons. The van der Waals surface area contributed by atoms with E-state index >= 15 is 0 Å². The second-order valence-electron chi connectivity index (χ2n) is 2.14. The van der Waals surface area contributed by atoms with Crippen molar-refractivity contribution in [3.8, 4) is 0 Å². The van der Waals surface area contributed by atoms with Crippen molar-refractivity contribution in [3.05, 3.63) is 29.8 Å². The fourth-order valence-electron chi connectivity index (χ4n) is 0.776. The van der Waals surface area contributed by atoms with Gasteiger partial charge in [0.05, 0.1) is 10.5 Å². The summed E-state index contributed by atoms with van der Waals surface area (Å²) in [5.41, 5.74) is 0.134. The van der Waals surface area contributed by atoms with Crippen LogP contribution >= 0.6 is 11.9 Å². The highest BCUT2D eigenvalue weighted by molar-refractivity contribution is 7.79. The van der Waals surface area contributed by atoms with Gasteiger partial charge in [0.15, 0.2) is 11.1 Å². The van der Waals surface area contributed by atoms with Gasteiger partial charge in [0.1, 0.15) is 11.9 Å². The minimum Gasteiger partial charge on any atom is -0.343 e. The van der Waals surface area contributed by atoms with Gasteiger partial charge in [-0.2, -0.15) is 0 Å². The van der Waals surface area contributed by atoms with Gasteiger partial charge >= 0.3 is 5.97 Å². The highest BCUT2D eigenvalue weighted by Gasteiger charge is 2.08. The number of rotatable bonds is 2. The summed E-state index contributed by atoms with van der Waals surface area (Å²) in [6.45, 7) is 0. The molecule has 1 aromatic rings. The van der Waals surface area contributed by atoms with Gasteiger partial charge in [-0.1, -0.05) is 6.07 Å². The van der Waals surface area contributed by atoms with E-state index in [2.05, 4.69) is 4.29 Å². The zero-order chi connectivity index (χ0) is 9.84. The Kier molecular flexibility index (Phi) is 3.41. The van der Waals surface area contributed by atoms with Gasteiger partial charge < -0.3 is 8.84 Å².